The average molecular weight is 260 g/mol. The molecule has 92 valence electrons. The number of nitrogen functional groups attached to an aromatic ring is 1. The average Bonchev–Trinajstić information content (AvgIpc) is 2.38. The van der Waals surface area contributed by atoms with Gasteiger partial charge in [0.15, 0.2) is 0 Å². The van der Waals surface area contributed by atoms with Gasteiger partial charge in [-0.25, -0.2) is 4.98 Å². The predicted molar refractivity (Wildman–Crippen MR) is 74.9 cm³/mol. The van der Waals surface area contributed by atoms with Crippen LogP contribution in [0.15, 0.2) is 36.5 Å². The van der Waals surface area contributed by atoms with Crippen LogP contribution in [0.1, 0.15) is 11.1 Å². The fourth-order valence-corrected chi connectivity index (χ4v) is 2.65. The molecular weight excluding hydrogens is 246 g/mol. The van der Waals surface area contributed by atoms with Crippen molar-refractivity contribution in [3.63, 3.8) is 0 Å². The Hall–Kier alpha value is -1.74. The summed E-state index contributed by atoms with van der Waals surface area (Å²) in [6.07, 6.45) is 2.68. The Balaban J connectivity index is 1.92. The van der Waals surface area contributed by atoms with Crippen molar-refractivity contribution in [2.45, 2.75) is 13.0 Å². The second-order valence-corrected chi connectivity index (χ2v) is 4.92. The third-order valence-electron chi connectivity index (χ3n) is 3.27. The second kappa shape index (κ2) is 4.50. The molecule has 1 aliphatic rings. The molecule has 0 radical (unpaired) electrons. The number of fused-ring (bicyclic) bond motifs is 1. The molecule has 3 rings (SSSR count). The lowest BCUT2D eigenvalue weighted by Crippen LogP contribution is -2.31. The number of benzene rings is 1. The first-order valence-corrected chi connectivity index (χ1v) is 6.34. The normalized spacial score (nSPS) is 14.4. The van der Waals surface area contributed by atoms with E-state index in [0.29, 0.717) is 10.7 Å². The van der Waals surface area contributed by atoms with Crippen LogP contribution in [0.4, 0.5) is 11.5 Å². The van der Waals surface area contributed by atoms with Gasteiger partial charge in [0.2, 0.25) is 0 Å². The van der Waals surface area contributed by atoms with Gasteiger partial charge in [-0.05, 0) is 23.6 Å². The van der Waals surface area contributed by atoms with E-state index in [1.54, 1.807) is 12.3 Å². The first kappa shape index (κ1) is 11.4. The molecule has 2 aromatic rings. The molecule has 1 aromatic carbocycles. The number of pyridine rings is 1. The molecule has 4 heteroatoms. The van der Waals surface area contributed by atoms with Crippen molar-refractivity contribution >= 4 is 23.1 Å². The van der Waals surface area contributed by atoms with E-state index in [1.807, 2.05) is 0 Å². The molecule has 0 aliphatic carbocycles. The van der Waals surface area contributed by atoms with E-state index in [-0.39, 0.29) is 0 Å². The number of halogens is 1. The highest BCUT2D eigenvalue weighted by Gasteiger charge is 2.18. The van der Waals surface area contributed by atoms with Crippen LogP contribution in [0.2, 0.25) is 5.02 Å². The number of hydrogen-bond acceptors (Lipinski definition) is 3. The van der Waals surface area contributed by atoms with Crippen LogP contribution < -0.4 is 10.6 Å². The van der Waals surface area contributed by atoms with Crippen LogP contribution >= 0.6 is 11.6 Å². The third kappa shape index (κ3) is 2.02. The Morgan fingerprint density at radius 3 is 2.78 bits per heavy atom. The Labute approximate surface area is 111 Å². The molecule has 18 heavy (non-hydrogen) atoms. The summed E-state index contributed by atoms with van der Waals surface area (Å²) in [4.78, 5) is 6.54. The van der Waals surface area contributed by atoms with Crippen molar-refractivity contribution in [3.8, 4) is 0 Å². The highest BCUT2D eigenvalue weighted by molar-refractivity contribution is 6.33. The van der Waals surface area contributed by atoms with Crippen LogP contribution in [-0.4, -0.2) is 11.5 Å². The summed E-state index contributed by atoms with van der Waals surface area (Å²) in [5, 5.41) is 0.620. The summed E-state index contributed by atoms with van der Waals surface area (Å²) < 4.78 is 0. The first-order chi connectivity index (χ1) is 8.74. The van der Waals surface area contributed by atoms with E-state index in [4.69, 9.17) is 17.3 Å². The summed E-state index contributed by atoms with van der Waals surface area (Å²) >= 11 is 6.21. The predicted octanol–water partition coefficient (Wildman–Crippen LogP) is 2.88. The van der Waals surface area contributed by atoms with Gasteiger partial charge in [-0.3, -0.25) is 0 Å². The quantitative estimate of drug-likeness (QED) is 0.856. The minimum Gasteiger partial charge on any atom is -0.397 e. The third-order valence-corrected chi connectivity index (χ3v) is 3.55. The lowest BCUT2D eigenvalue weighted by atomic mass is 10.00. The van der Waals surface area contributed by atoms with Gasteiger partial charge in [-0.2, -0.15) is 0 Å². The second-order valence-electron chi connectivity index (χ2n) is 4.51. The van der Waals surface area contributed by atoms with Crippen LogP contribution in [0.5, 0.6) is 0 Å². The van der Waals surface area contributed by atoms with Gasteiger partial charge < -0.3 is 10.6 Å². The van der Waals surface area contributed by atoms with Crippen molar-refractivity contribution in [1.82, 2.24) is 4.98 Å². The van der Waals surface area contributed by atoms with E-state index in [2.05, 4.69) is 34.1 Å². The van der Waals surface area contributed by atoms with Crippen molar-refractivity contribution in [2.24, 2.45) is 0 Å². The molecule has 0 spiro atoms. The lowest BCUT2D eigenvalue weighted by Gasteiger charge is -2.30. The summed E-state index contributed by atoms with van der Waals surface area (Å²) in [5.41, 5.74) is 9.03. The maximum atomic E-state index is 6.21. The SMILES string of the molecule is Nc1cnc(N2CCc3ccccc3C2)c(Cl)c1. The van der Waals surface area contributed by atoms with Crippen LogP contribution in [0.25, 0.3) is 0 Å². The molecule has 2 heterocycles. The summed E-state index contributed by atoms with van der Waals surface area (Å²) in [5.74, 6) is 0.820. The Morgan fingerprint density at radius 1 is 1.22 bits per heavy atom. The van der Waals surface area contributed by atoms with E-state index >= 15 is 0 Å². The van der Waals surface area contributed by atoms with Crippen molar-refractivity contribution in [1.29, 1.82) is 0 Å². The van der Waals surface area contributed by atoms with Crippen molar-refractivity contribution in [2.75, 3.05) is 17.2 Å². The summed E-state index contributed by atoms with van der Waals surface area (Å²) in [6.45, 7) is 1.79. The molecule has 0 atom stereocenters. The minimum absolute atomic E-state index is 0.598. The maximum absolute atomic E-state index is 6.21. The summed E-state index contributed by atoms with van der Waals surface area (Å²) in [7, 11) is 0. The fraction of sp³-hybridized carbons (Fsp3) is 0.214. The van der Waals surface area contributed by atoms with Crippen LogP contribution in [-0.2, 0) is 13.0 Å². The molecule has 0 saturated heterocycles. The number of nitrogens with two attached hydrogens (primary N) is 1. The fourth-order valence-electron chi connectivity index (χ4n) is 2.35. The van der Waals surface area contributed by atoms with Gasteiger partial charge in [-0.1, -0.05) is 35.9 Å². The number of nitrogens with zero attached hydrogens (tertiary/aromatic N) is 2. The minimum atomic E-state index is 0.598. The smallest absolute Gasteiger partial charge is 0.147 e. The maximum Gasteiger partial charge on any atom is 0.147 e. The van der Waals surface area contributed by atoms with E-state index in [9.17, 15) is 0 Å². The van der Waals surface area contributed by atoms with Crippen molar-refractivity contribution in [3.05, 3.63) is 52.7 Å². The number of aromatic nitrogens is 1. The molecule has 0 amide bonds. The Morgan fingerprint density at radius 2 is 2.00 bits per heavy atom. The molecule has 0 saturated carbocycles. The monoisotopic (exact) mass is 259 g/mol. The molecule has 0 bridgehead atoms. The highest BCUT2D eigenvalue weighted by Crippen LogP contribution is 2.29. The van der Waals surface area contributed by atoms with Crippen molar-refractivity contribution < 1.29 is 0 Å². The van der Waals surface area contributed by atoms with Gasteiger partial charge in [-0.15, -0.1) is 0 Å². The first-order valence-electron chi connectivity index (χ1n) is 5.97. The molecule has 2 N–H and O–H groups in total. The Bertz CT molecular complexity index is 583. The molecule has 0 fully saturated rings. The topological polar surface area (TPSA) is 42.1 Å². The summed E-state index contributed by atoms with van der Waals surface area (Å²) in [6, 6.07) is 10.3. The largest absolute Gasteiger partial charge is 0.397 e. The molecule has 3 nitrogen and oxygen atoms in total. The standard InChI is InChI=1S/C14H14ClN3/c15-13-7-12(16)8-17-14(13)18-6-5-10-3-1-2-4-11(10)9-18/h1-4,7-8H,5-6,9,16H2. The zero-order valence-corrected chi connectivity index (χ0v) is 10.7. The highest BCUT2D eigenvalue weighted by atomic mass is 35.5. The Kier molecular flexibility index (Phi) is 2.84. The van der Waals surface area contributed by atoms with Crippen LogP contribution in [0, 0.1) is 0 Å². The molecule has 0 unspecified atom stereocenters. The number of hydrogen-bond donors (Lipinski definition) is 1. The van der Waals surface area contributed by atoms with E-state index in [1.165, 1.54) is 11.1 Å². The zero-order valence-electron chi connectivity index (χ0n) is 9.94. The molecule has 1 aliphatic heterocycles. The van der Waals surface area contributed by atoms with Gasteiger partial charge in [0.05, 0.1) is 16.9 Å². The van der Waals surface area contributed by atoms with Gasteiger partial charge in [0, 0.05) is 13.1 Å². The zero-order chi connectivity index (χ0) is 12.5. The van der Waals surface area contributed by atoms with Gasteiger partial charge in [0.1, 0.15) is 5.82 Å². The number of rotatable bonds is 1. The number of anilines is 2. The van der Waals surface area contributed by atoms with Gasteiger partial charge >= 0.3 is 0 Å². The molecule has 1 aromatic heterocycles. The molecular formula is C14H14ClN3. The van der Waals surface area contributed by atoms with E-state index < -0.39 is 0 Å². The lowest BCUT2D eigenvalue weighted by molar-refractivity contribution is 0.721. The van der Waals surface area contributed by atoms with E-state index in [0.717, 1.165) is 25.3 Å². The van der Waals surface area contributed by atoms with Gasteiger partial charge in [0.25, 0.3) is 0 Å². The van der Waals surface area contributed by atoms with Crippen LogP contribution in [0.3, 0.4) is 0 Å².